The van der Waals surface area contributed by atoms with E-state index in [1.807, 2.05) is 6.92 Å². The predicted octanol–water partition coefficient (Wildman–Crippen LogP) is 0.821. The number of benzene rings is 1. The summed E-state index contributed by atoms with van der Waals surface area (Å²) >= 11 is 0. The van der Waals surface area contributed by atoms with Crippen molar-refractivity contribution in [3.63, 3.8) is 0 Å². The molecule has 0 atom stereocenters. The van der Waals surface area contributed by atoms with E-state index in [9.17, 15) is 22.7 Å². The van der Waals surface area contributed by atoms with Crippen molar-refractivity contribution < 1.29 is 22.7 Å². The smallest absolute Gasteiger partial charge is 0.326 e. The van der Waals surface area contributed by atoms with Crippen molar-refractivity contribution in [2.45, 2.75) is 13.3 Å². The first-order chi connectivity index (χ1) is 11.3. The number of aromatic hydroxyl groups is 1. The Morgan fingerprint density at radius 1 is 1.38 bits per heavy atom. The summed E-state index contributed by atoms with van der Waals surface area (Å²) in [4.78, 5) is 13.6. The number of amides is 1. The van der Waals surface area contributed by atoms with Crippen LogP contribution in [0, 0.1) is 5.82 Å². The van der Waals surface area contributed by atoms with Gasteiger partial charge in [-0.1, -0.05) is 18.6 Å². The molecule has 1 amide bonds. The van der Waals surface area contributed by atoms with Crippen molar-refractivity contribution in [3.05, 3.63) is 29.1 Å². The molecule has 0 aliphatic carbocycles. The Hall–Kier alpha value is -2.13. The quantitative estimate of drug-likeness (QED) is 0.838. The molecule has 0 bridgehead atoms. The topological polar surface area (TPSA) is 89.9 Å². The number of anilines is 1. The Kier molecular flexibility index (Phi) is 4.22. The SMILES string of the molecule is CCN1CC/C(=C/c2ccc(O)c(N3CC(=O)NS3(=O)=O)c2F)C1. The van der Waals surface area contributed by atoms with Gasteiger partial charge < -0.3 is 5.11 Å². The molecule has 2 N–H and O–H groups in total. The number of halogens is 1. The lowest BCUT2D eigenvalue weighted by Gasteiger charge is -2.18. The summed E-state index contributed by atoms with van der Waals surface area (Å²) in [6, 6.07) is 2.63. The fraction of sp³-hybridized carbons (Fsp3) is 0.400. The van der Waals surface area contributed by atoms with Gasteiger partial charge in [0.1, 0.15) is 18.0 Å². The summed E-state index contributed by atoms with van der Waals surface area (Å²) in [5.74, 6) is -2.17. The first-order valence-electron chi connectivity index (χ1n) is 7.58. The van der Waals surface area contributed by atoms with Crippen LogP contribution >= 0.6 is 0 Å². The lowest BCUT2D eigenvalue weighted by molar-refractivity contribution is -0.117. The van der Waals surface area contributed by atoms with Crippen LogP contribution in [0.25, 0.3) is 6.08 Å². The van der Waals surface area contributed by atoms with Gasteiger partial charge in [0.2, 0.25) is 0 Å². The van der Waals surface area contributed by atoms with Crippen LogP contribution in [0.3, 0.4) is 0 Å². The molecule has 0 saturated carbocycles. The summed E-state index contributed by atoms with van der Waals surface area (Å²) in [6.07, 6.45) is 2.48. The summed E-state index contributed by atoms with van der Waals surface area (Å²) in [5, 5.41) is 9.92. The number of nitrogens with zero attached hydrogens (tertiary/aromatic N) is 2. The van der Waals surface area contributed by atoms with E-state index in [2.05, 4.69) is 4.90 Å². The van der Waals surface area contributed by atoms with Gasteiger partial charge in [-0.2, -0.15) is 8.42 Å². The zero-order chi connectivity index (χ0) is 17.5. The van der Waals surface area contributed by atoms with E-state index in [0.717, 1.165) is 31.6 Å². The minimum Gasteiger partial charge on any atom is -0.506 e. The predicted molar refractivity (Wildman–Crippen MR) is 87.2 cm³/mol. The van der Waals surface area contributed by atoms with Gasteiger partial charge in [0.25, 0.3) is 5.91 Å². The maximum atomic E-state index is 14.8. The third-order valence-corrected chi connectivity index (χ3v) is 5.55. The van der Waals surface area contributed by atoms with Crippen molar-refractivity contribution in [2.24, 2.45) is 0 Å². The van der Waals surface area contributed by atoms with E-state index in [-0.39, 0.29) is 5.56 Å². The largest absolute Gasteiger partial charge is 0.506 e. The molecule has 7 nitrogen and oxygen atoms in total. The Balaban J connectivity index is 2.01. The number of hydrogen-bond acceptors (Lipinski definition) is 5. The van der Waals surface area contributed by atoms with Crippen LogP contribution in [-0.4, -0.2) is 50.5 Å². The van der Waals surface area contributed by atoms with E-state index in [1.54, 1.807) is 10.8 Å². The third-order valence-electron chi connectivity index (χ3n) is 4.18. The molecule has 2 aliphatic rings. The summed E-state index contributed by atoms with van der Waals surface area (Å²) in [7, 11) is -4.19. The first-order valence-corrected chi connectivity index (χ1v) is 9.02. The average Bonchev–Trinajstić information content (AvgIpc) is 3.06. The molecule has 0 aromatic heterocycles. The number of rotatable bonds is 3. The van der Waals surface area contributed by atoms with Crippen molar-refractivity contribution in [3.8, 4) is 5.75 Å². The molecule has 9 heteroatoms. The van der Waals surface area contributed by atoms with Crippen LogP contribution in [0.4, 0.5) is 10.1 Å². The van der Waals surface area contributed by atoms with E-state index in [1.165, 1.54) is 12.1 Å². The highest BCUT2D eigenvalue weighted by Gasteiger charge is 2.37. The highest BCUT2D eigenvalue weighted by atomic mass is 32.2. The Labute approximate surface area is 139 Å². The van der Waals surface area contributed by atoms with Gasteiger partial charge in [0.15, 0.2) is 5.82 Å². The average molecular weight is 355 g/mol. The maximum Gasteiger partial charge on any atom is 0.326 e. The summed E-state index contributed by atoms with van der Waals surface area (Å²) < 4.78 is 41.0. The fourth-order valence-electron chi connectivity index (χ4n) is 2.92. The molecule has 2 fully saturated rings. The molecular formula is C15H18FN3O4S. The Bertz CT molecular complexity index is 822. The molecule has 2 aliphatic heterocycles. The summed E-state index contributed by atoms with van der Waals surface area (Å²) in [5.41, 5.74) is 0.712. The van der Waals surface area contributed by atoms with Gasteiger partial charge >= 0.3 is 10.2 Å². The third kappa shape index (κ3) is 2.96. The number of hydrogen-bond donors (Lipinski definition) is 2. The maximum absolute atomic E-state index is 14.8. The van der Waals surface area contributed by atoms with Crippen molar-refractivity contribution in [2.75, 3.05) is 30.5 Å². The van der Waals surface area contributed by atoms with Crippen LogP contribution < -0.4 is 9.03 Å². The van der Waals surface area contributed by atoms with E-state index in [4.69, 9.17) is 0 Å². The molecule has 130 valence electrons. The number of carbonyl (C=O) groups excluding carboxylic acids is 1. The molecule has 3 rings (SSSR count). The van der Waals surface area contributed by atoms with Gasteiger partial charge in [0.05, 0.1) is 0 Å². The van der Waals surface area contributed by atoms with Crippen LogP contribution in [0.2, 0.25) is 0 Å². The van der Waals surface area contributed by atoms with Gasteiger partial charge in [-0.25, -0.2) is 13.4 Å². The number of nitrogens with one attached hydrogen (secondary N) is 1. The molecule has 0 spiro atoms. The number of likely N-dealkylation sites (tertiary alicyclic amines) is 1. The van der Waals surface area contributed by atoms with Crippen molar-refractivity contribution in [1.82, 2.24) is 9.62 Å². The molecule has 24 heavy (non-hydrogen) atoms. The normalized spacial score (nSPS) is 22.3. The second kappa shape index (κ2) is 6.06. The molecule has 1 aromatic carbocycles. The number of likely N-dealkylation sites (N-methyl/N-ethyl adjacent to an activating group) is 1. The number of carbonyl (C=O) groups is 1. The van der Waals surface area contributed by atoms with Gasteiger partial charge in [-0.05, 0) is 25.1 Å². The van der Waals surface area contributed by atoms with Gasteiger partial charge in [-0.3, -0.25) is 9.69 Å². The minimum atomic E-state index is -4.19. The molecule has 0 unspecified atom stereocenters. The second-order valence-electron chi connectivity index (χ2n) is 5.79. The van der Waals surface area contributed by atoms with Crippen LogP contribution in [0.5, 0.6) is 5.75 Å². The lowest BCUT2D eigenvalue weighted by atomic mass is 10.1. The Morgan fingerprint density at radius 2 is 2.12 bits per heavy atom. The number of phenols is 1. The zero-order valence-electron chi connectivity index (χ0n) is 13.1. The minimum absolute atomic E-state index is 0.185. The molecular weight excluding hydrogens is 337 g/mol. The summed E-state index contributed by atoms with van der Waals surface area (Å²) in [6.45, 7) is 4.02. The molecule has 2 heterocycles. The lowest BCUT2D eigenvalue weighted by Crippen LogP contribution is -2.30. The number of phenolic OH excluding ortho intramolecular Hbond substituents is 1. The standard InChI is InChI=1S/C15H18FN3O4S/c1-2-18-6-5-10(8-18)7-11-3-4-12(20)15(14(11)16)19-9-13(21)17-24(19,22)23/h3-4,7,20H,2,5-6,8-9H2,1H3,(H,17,21)/b10-7-. The van der Waals surface area contributed by atoms with Crippen LogP contribution in [0.15, 0.2) is 17.7 Å². The van der Waals surface area contributed by atoms with Crippen molar-refractivity contribution >= 4 is 27.9 Å². The van der Waals surface area contributed by atoms with E-state index >= 15 is 0 Å². The van der Waals surface area contributed by atoms with Crippen LogP contribution in [0.1, 0.15) is 18.9 Å². The molecule has 1 aromatic rings. The van der Waals surface area contributed by atoms with E-state index < -0.39 is 39.9 Å². The highest BCUT2D eigenvalue weighted by molar-refractivity contribution is 7.92. The fourth-order valence-corrected chi connectivity index (χ4v) is 4.08. The zero-order valence-corrected chi connectivity index (χ0v) is 13.9. The van der Waals surface area contributed by atoms with E-state index in [0.29, 0.717) is 4.31 Å². The molecule has 0 radical (unpaired) electrons. The highest BCUT2D eigenvalue weighted by Crippen LogP contribution is 2.36. The van der Waals surface area contributed by atoms with Gasteiger partial charge in [-0.15, -0.1) is 0 Å². The van der Waals surface area contributed by atoms with Crippen molar-refractivity contribution in [1.29, 1.82) is 0 Å². The first kappa shape index (κ1) is 16.7. The van der Waals surface area contributed by atoms with Crippen LogP contribution in [-0.2, 0) is 15.0 Å². The van der Waals surface area contributed by atoms with Gasteiger partial charge in [0, 0.05) is 18.7 Å². The molecule has 2 saturated heterocycles. The Morgan fingerprint density at radius 3 is 2.71 bits per heavy atom. The second-order valence-corrected chi connectivity index (χ2v) is 7.39. The monoisotopic (exact) mass is 355 g/mol.